The first-order valence-corrected chi connectivity index (χ1v) is 9.22. The van der Waals surface area contributed by atoms with E-state index in [4.69, 9.17) is 9.47 Å². The fourth-order valence-corrected chi connectivity index (χ4v) is 3.22. The number of hydrogen-bond donors (Lipinski definition) is 3. The van der Waals surface area contributed by atoms with E-state index in [1.54, 1.807) is 55.2 Å². The van der Waals surface area contributed by atoms with Gasteiger partial charge >= 0.3 is 5.69 Å². The van der Waals surface area contributed by atoms with Gasteiger partial charge in [0.1, 0.15) is 0 Å². The molecule has 1 amide bonds. The normalized spacial score (nSPS) is 10.9. The maximum absolute atomic E-state index is 12.6. The molecule has 3 N–H and O–H groups in total. The molecular weight excluding hydrogens is 388 g/mol. The maximum atomic E-state index is 12.6. The number of amides is 1. The molecule has 10 nitrogen and oxygen atoms in total. The lowest BCUT2D eigenvalue weighted by Crippen LogP contribution is -2.14. The lowest BCUT2D eigenvalue weighted by atomic mass is 10.2. The van der Waals surface area contributed by atoms with Gasteiger partial charge in [-0.3, -0.25) is 19.8 Å². The van der Waals surface area contributed by atoms with Crippen LogP contribution in [0.5, 0.6) is 11.5 Å². The molecule has 2 aromatic carbocycles. The summed E-state index contributed by atoms with van der Waals surface area (Å²) in [5, 5.41) is 9.49. The average molecular weight is 408 g/mol. The average Bonchev–Trinajstić information content (AvgIpc) is 3.35. The van der Waals surface area contributed by atoms with Gasteiger partial charge in [0, 0.05) is 17.7 Å². The van der Waals surface area contributed by atoms with Crippen molar-refractivity contribution in [3.8, 4) is 22.9 Å². The van der Waals surface area contributed by atoms with Crippen LogP contribution < -0.4 is 20.5 Å². The molecule has 0 saturated carbocycles. The van der Waals surface area contributed by atoms with Gasteiger partial charge in [0.25, 0.3) is 5.91 Å². The molecule has 0 radical (unpaired) electrons. The Balaban J connectivity index is 1.56. The quantitative estimate of drug-likeness (QED) is 0.450. The summed E-state index contributed by atoms with van der Waals surface area (Å²) >= 11 is 0. The molecule has 30 heavy (non-hydrogen) atoms. The summed E-state index contributed by atoms with van der Waals surface area (Å²) in [7, 11) is 3.11. The monoisotopic (exact) mass is 408 g/mol. The summed E-state index contributed by atoms with van der Waals surface area (Å²) in [4.78, 5) is 31.6. The third-order valence-electron chi connectivity index (χ3n) is 4.72. The van der Waals surface area contributed by atoms with E-state index in [9.17, 15) is 9.59 Å². The maximum Gasteiger partial charge on any atom is 0.326 e. The molecule has 0 aliphatic carbocycles. The van der Waals surface area contributed by atoms with Crippen LogP contribution >= 0.6 is 0 Å². The second-order valence-corrected chi connectivity index (χ2v) is 6.44. The zero-order valence-corrected chi connectivity index (χ0v) is 16.6. The number of carbonyl (C=O) groups is 1. The minimum atomic E-state index is -0.389. The number of aromatic nitrogens is 5. The molecule has 2 heterocycles. The zero-order valence-electron chi connectivity index (χ0n) is 16.6. The number of aromatic amines is 2. The number of carbonyl (C=O) groups excluding carboxylic acids is 1. The number of anilines is 1. The van der Waals surface area contributed by atoms with Gasteiger partial charge in [-0.05, 0) is 43.3 Å². The Morgan fingerprint density at radius 3 is 2.67 bits per heavy atom. The molecule has 10 heteroatoms. The second kappa shape index (κ2) is 7.74. The lowest BCUT2D eigenvalue weighted by molar-refractivity contribution is 0.102. The van der Waals surface area contributed by atoms with Crippen molar-refractivity contribution in [1.29, 1.82) is 0 Å². The van der Waals surface area contributed by atoms with Crippen LogP contribution in [-0.4, -0.2) is 44.9 Å². The number of nitrogens with zero attached hydrogens (tertiary/aromatic N) is 3. The predicted octanol–water partition coefficient (Wildman–Crippen LogP) is 2.40. The first-order chi connectivity index (χ1) is 14.5. The summed E-state index contributed by atoms with van der Waals surface area (Å²) in [5.74, 6) is 1.35. The van der Waals surface area contributed by atoms with Gasteiger partial charge in [-0.15, -0.1) is 5.10 Å². The Hall–Kier alpha value is -4.08. The Bertz CT molecular complexity index is 1290. The molecule has 0 spiro atoms. The van der Waals surface area contributed by atoms with Gasteiger partial charge in [-0.1, -0.05) is 0 Å². The van der Waals surface area contributed by atoms with E-state index in [0.29, 0.717) is 34.9 Å². The smallest absolute Gasteiger partial charge is 0.326 e. The first-order valence-electron chi connectivity index (χ1n) is 9.22. The number of aryl methyl sites for hydroxylation is 1. The molecule has 154 valence electrons. The Morgan fingerprint density at radius 2 is 1.93 bits per heavy atom. The highest BCUT2D eigenvalue weighted by Gasteiger charge is 2.14. The van der Waals surface area contributed by atoms with Crippen molar-refractivity contribution >= 4 is 22.9 Å². The third-order valence-corrected chi connectivity index (χ3v) is 4.72. The van der Waals surface area contributed by atoms with Crippen LogP contribution in [0.4, 0.5) is 5.95 Å². The zero-order chi connectivity index (χ0) is 21.3. The predicted molar refractivity (Wildman–Crippen MR) is 111 cm³/mol. The number of ether oxygens (including phenoxy) is 2. The van der Waals surface area contributed by atoms with E-state index in [0.717, 1.165) is 11.1 Å². The standard InChI is InChI=1S/C20H20N6O4/c1-4-26-14-7-5-12(9-13(14)21-20(26)28)18(27)23-19-22-17(24-25-19)11-6-8-15(29-2)16(10-11)30-3/h5-10H,4H2,1-3H3,(H,21,28)(H2,22,23,24,25,27). The van der Waals surface area contributed by atoms with Crippen molar-refractivity contribution < 1.29 is 14.3 Å². The van der Waals surface area contributed by atoms with Crippen molar-refractivity contribution in [3.63, 3.8) is 0 Å². The Morgan fingerprint density at radius 1 is 1.13 bits per heavy atom. The number of rotatable bonds is 6. The molecule has 4 aromatic rings. The van der Waals surface area contributed by atoms with Crippen LogP contribution in [0.15, 0.2) is 41.2 Å². The molecule has 0 aliphatic heterocycles. The number of fused-ring (bicyclic) bond motifs is 1. The van der Waals surface area contributed by atoms with Crippen LogP contribution in [0.2, 0.25) is 0 Å². The summed E-state index contributed by atoms with van der Waals surface area (Å²) in [6.45, 7) is 2.43. The van der Waals surface area contributed by atoms with Crippen molar-refractivity contribution in [2.24, 2.45) is 0 Å². The minimum Gasteiger partial charge on any atom is -0.493 e. The largest absolute Gasteiger partial charge is 0.493 e. The van der Waals surface area contributed by atoms with Crippen LogP contribution in [0.25, 0.3) is 22.4 Å². The van der Waals surface area contributed by atoms with Crippen molar-refractivity contribution in [3.05, 3.63) is 52.4 Å². The van der Waals surface area contributed by atoms with Gasteiger partial charge in [0.2, 0.25) is 5.95 Å². The summed E-state index contributed by atoms with van der Waals surface area (Å²) in [5.41, 5.74) is 2.23. The highest BCUT2D eigenvalue weighted by molar-refractivity contribution is 6.05. The first kappa shape index (κ1) is 19.2. The van der Waals surface area contributed by atoms with E-state index in [1.807, 2.05) is 6.92 Å². The fourth-order valence-electron chi connectivity index (χ4n) is 3.22. The van der Waals surface area contributed by atoms with Crippen LogP contribution in [0.1, 0.15) is 17.3 Å². The van der Waals surface area contributed by atoms with E-state index in [2.05, 4.69) is 25.5 Å². The number of methoxy groups -OCH3 is 2. The Kier molecular flexibility index (Phi) is 4.97. The highest BCUT2D eigenvalue weighted by Crippen LogP contribution is 2.31. The fraction of sp³-hybridized carbons (Fsp3) is 0.200. The van der Waals surface area contributed by atoms with E-state index < -0.39 is 0 Å². The van der Waals surface area contributed by atoms with Crippen LogP contribution in [-0.2, 0) is 6.54 Å². The van der Waals surface area contributed by atoms with E-state index in [1.165, 1.54) is 0 Å². The van der Waals surface area contributed by atoms with Gasteiger partial charge in [-0.2, -0.15) is 4.98 Å². The molecule has 0 unspecified atom stereocenters. The lowest BCUT2D eigenvalue weighted by Gasteiger charge is -2.07. The molecule has 0 aliphatic rings. The van der Waals surface area contributed by atoms with Gasteiger partial charge in [0.05, 0.1) is 25.3 Å². The topological polar surface area (TPSA) is 127 Å². The molecule has 4 rings (SSSR count). The minimum absolute atomic E-state index is 0.129. The van der Waals surface area contributed by atoms with Crippen LogP contribution in [0, 0.1) is 0 Å². The van der Waals surface area contributed by atoms with Gasteiger partial charge < -0.3 is 14.5 Å². The van der Waals surface area contributed by atoms with Crippen molar-refractivity contribution in [2.75, 3.05) is 19.5 Å². The molecule has 0 bridgehead atoms. The highest BCUT2D eigenvalue weighted by atomic mass is 16.5. The van der Waals surface area contributed by atoms with E-state index >= 15 is 0 Å². The number of H-pyrrole nitrogens is 2. The number of nitrogens with one attached hydrogen (secondary N) is 3. The van der Waals surface area contributed by atoms with Gasteiger partial charge in [0.15, 0.2) is 17.3 Å². The molecule has 2 aromatic heterocycles. The summed E-state index contributed by atoms with van der Waals surface area (Å²) in [6, 6.07) is 10.3. The number of hydrogen-bond acceptors (Lipinski definition) is 6. The molecule has 0 fully saturated rings. The van der Waals surface area contributed by atoms with Crippen molar-refractivity contribution in [2.45, 2.75) is 13.5 Å². The summed E-state index contributed by atoms with van der Waals surface area (Å²) < 4.78 is 12.1. The molecule has 0 atom stereocenters. The SMILES string of the molecule is CCn1c(=O)[nH]c2cc(C(=O)Nc3n[nH]c(-c4ccc(OC)c(OC)c4)n3)ccc21. The molecule has 0 saturated heterocycles. The third kappa shape index (κ3) is 3.39. The van der Waals surface area contributed by atoms with Gasteiger partial charge in [-0.25, -0.2) is 4.79 Å². The van der Waals surface area contributed by atoms with Crippen molar-refractivity contribution in [1.82, 2.24) is 24.7 Å². The van der Waals surface area contributed by atoms with Crippen LogP contribution in [0.3, 0.4) is 0 Å². The number of imidazole rings is 1. The second-order valence-electron chi connectivity index (χ2n) is 6.44. The number of benzene rings is 2. The summed E-state index contributed by atoms with van der Waals surface area (Å²) in [6.07, 6.45) is 0. The van der Waals surface area contributed by atoms with E-state index in [-0.39, 0.29) is 17.5 Å². The Labute approximate surface area is 170 Å². The molecular formula is C20H20N6O4.